The largest absolute Gasteiger partial charge is 0.378 e. The van der Waals surface area contributed by atoms with Gasteiger partial charge in [-0.25, -0.2) is 4.79 Å². The molecular formula is C27H31N9O4. The summed E-state index contributed by atoms with van der Waals surface area (Å²) in [5.41, 5.74) is 2.09. The summed E-state index contributed by atoms with van der Waals surface area (Å²) in [4.78, 5) is 48.9. The summed E-state index contributed by atoms with van der Waals surface area (Å²) >= 11 is 0. The predicted octanol–water partition coefficient (Wildman–Crippen LogP) is 1.85. The minimum absolute atomic E-state index is 0.0663. The van der Waals surface area contributed by atoms with E-state index in [1.165, 1.54) is 0 Å². The van der Waals surface area contributed by atoms with E-state index in [-0.39, 0.29) is 24.1 Å². The lowest BCUT2D eigenvalue weighted by Crippen LogP contribution is -2.60. The van der Waals surface area contributed by atoms with Crippen molar-refractivity contribution < 1.29 is 19.1 Å². The summed E-state index contributed by atoms with van der Waals surface area (Å²) in [6, 6.07) is 10.5. The smallest absolute Gasteiger partial charge is 0.323 e. The number of aromatic nitrogens is 4. The van der Waals surface area contributed by atoms with Gasteiger partial charge in [0, 0.05) is 75.5 Å². The lowest BCUT2D eigenvalue weighted by atomic mass is 10.1. The molecule has 208 valence electrons. The van der Waals surface area contributed by atoms with Crippen molar-refractivity contribution in [2.75, 3.05) is 72.9 Å². The fraction of sp³-hybridized carbons (Fsp3) is 0.407. The van der Waals surface area contributed by atoms with Crippen LogP contribution in [0.15, 0.2) is 48.8 Å². The molecular weight excluding hydrogens is 514 g/mol. The third-order valence-electron chi connectivity index (χ3n) is 7.05. The monoisotopic (exact) mass is 545 g/mol. The minimum atomic E-state index is -0.350. The number of nitrogens with one attached hydrogen (secondary N) is 2. The highest BCUT2D eigenvalue weighted by Crippen LogP contribution is 2.27. The maximum absolute atomic E-state index is 12.4. The molecule has 2 N–H and O–H groups in total. The highest BCUT2D eigenvalue weighted by Gasteiger charge is 2.37. The Morgan fingerprint density at radius 3 is 2.02 bits per heavy atom. The van der Waals surface area contributed by atoms with Crippen molar-refractivity contribution in [1.82, 2.24) is 24.8 Å². The van der Waals surface area contributed by atoms with Gasteiger partial charge in [0.25, 0.3) is 0 Å². The number of ether oxygens (including phenoxy) is 2. The SMILES string of the molecule is CC(=O)N1CC2CN(c3nc(-c4ccc(NC(=O)Nc5ccncc5)cc4)nc(N4CCOCC4)n3)CC(C1)O2. The van der Waals surface area contributed by atoms with Crippen molar-refractivity contribution in [2.45, 2.75) is 19.1 Å². The van der Waals surface area contributed by atoms with Crippen LogP contribution < -0.4 is 20.4 Å². The van der Waals surface area contributed by atoms with Gasteiger partial charge in [0.15, 0.2) is 5.82 Å². The lowest BCUT2D eigenvalue weighted by molar-refractivity contribution is -0.145. The Kier molecular flexibility index (Phi) is 7.38. The number of amides is 3. The summed E-state index contributed by atoms with van der Waals surface area (Å²) in [6.45, 7) is 6.49. The van der Waals surface area contributed by atoms with E-state index in [0.717, 1.165) is 5.56 Å². The van der Waals surface area contributed by atoms with E-state index >= 15 is 0 Å². The normalized spacial score (nSPS) is 20.7. The van der Waals surface area contributed by atoms with Gasteiger partial charge < -0.3 is 34.8 Å². The van der Waals surface area contributed by atoms with Gasteiger partial charge in [-0.3, -0.25) is 9.78 Å². The van der Waals surface area contributed by atoms with Crippen LogP contribution in [0.1, 0.15) is 6.92 Å². The van der Waals surface area contributed by atoms with Gasteiger partial charge >= 0.3 is 6.03 Å². The predicted molar refractivity (Wildman–Crippen MR) is 148 cm³/mol. The Morgan fingerprint density at radius 1 is 0.800 bits per heavy atom. The van der Waals surface area contributed by atoms with Crippen LogP contribution in [0, 0.1) is 0 Å². The Balaban J connectivity index is 1.22. The summed E-state index contributed by atoms with van der Waals surface area (Å²) in [5.74, 6) is 1.79. The van der Waals surface area contributed by atoms with Crippen LogP contribution in [-0.4, -0.2) is 101 Å². The van der Waals surface area contributed by atoms with E-state index in [2.05, 4.69) is 25.4 Å². The van der Waals surface area contributed by atoms with Crippen LogP contribution >= 0.6 is 0 Å². The molecule has 3 fully saturated rings. The van der Waals surface area contributed by atoms with E-state index in [4.69, 9.17) is 24.4 Å². The van der Waals surface area contributed by atoms with Gasteiger partial charge in [0.1, 0.15) is 0 Å². The number of carbonyl (C=O) groups is 2. The van der Waals surface area contributed by atoms with Gasteiger partial charge in [-0.15, -0.1) is 0 Å². The molecule has 6 rings (SSSR count). The molecule has 3 aliphatic heterocycles. The third kappa shape index (κ3) is 5.95. The first-order valence-corrected chi connectivity index (χ1v) is 13.3. The molecule has 3 aliphatic rings. The first-order valence-electron chi connectivity index (χ1n) is 13.3. The van der Waals surface area contributed by atoms with Gasteiger partial charge in [0.05, 0.1) is 25.4 Å². The second kappa shape index (κ2) is 11.4. The molecule has 0 spiro atoms. The molecule has 3 saturated heterocycles. The van der Waals surface area contributed by atoms with Gasteiger partial charge in [-0.05, 0) is 36.4 Å². The Morgan fingerprint density at radius 2 is 1.40 bits per heavy atom. The molecule has 2 bridgehead atoms. The highest BCUT2D eigenvalue weighted by atomic mass is 16.5. The van der Waals surface area contributed by atoms with Crippen molar-refractivity contribution >= 4 is 35.2 Å². The highest BCUT2D eigenvalue weighted by molar-refractivity contribution is 5.99. The molecule has 1 aromatic carbocycles. The molecule has 0 aliphatic carbocycles. The van der Waals surface area contributed by atoms with E-state index in [1.54, 1.807) is 31.5 Å². The van der Waals surface area contributed by atoms with Crippen LogP contribution in [-0.2, 0) is 14.3 Å². The quantitative estimate of drug-likeness (QED) is 0.489. The topological polar surface area (TPSA) is 138 Å². The number of rotatable bonds is 5. The Bertz CT molecular complexity index is 1340. The molecule has 40 heavy (non-hydrogen) atoms. The minimum Gasteiger partial charge on any atom is -0.378 e. The van der Waals surface area contributed by atoms with Crippen molar-refractivity contribution in [1.29, 1.82) is 0 Å². The van der Waals surface area contributed by atoms with Crippen molar-refractivity contribution in [3.05, 3.63) is 48.8 Å². The number of hydrogen-bond donors (Lipinski definition) is 2. The van der Waals surface area contributed by atoms with E-state index < -0.39 is 0 Å². The number of nitrogens with zero attached hydrogens (tertiary/aromatic N) is 7. The maximum Gasteiger partial charge on any atom is 0.323 e. The number of anilines is 4. The zero-order valence-corrected chi connectivity index (χ0v) is 22.2. The standard InChI is InChI=1S/C27H31N9O4/c1-18(37)35-14-22-16-36(17-23(15-35)40-22)26-32-24(31-25(33-26)34-10-12-39-13-11-34)19-2-4-20(5-3-19)29-27(38)30-21-6-8-28-9-7-21/h2-9,22-23H,10-17H2,1H3,(H2,28,29,30,38). The van der Waals surface area contributed by atoms with Crippen molar-refractivity contribution in [2.24, 2.45) is 0 Å². The molecule has 0 radical (unpaired) electrons. The molecule has 3 aromatic rings. The number of benzene rings is 1. The molecule has 2 aromatic heterocycles. The molecule has 2 atom stereocenters. The second-order valence-corrected chi connectivity index (χ2v) is 9.96. The summed E-state index contributed by atoms with van der Waals surface area (Å²) < 4.78 is 11.7. The maximum atomic E-state index is 12.4. The average molecular weight is 546 g/mol. The van der Waals surface area contributed by atoms with Crippen LogP contribution in [0.2, 0.25) is 0 Å². The van der Waals surface area contributed by atoms with Crippen LogP contribution in [0.4, 0.5) is 28.1 Å². The fourth-order valence-electron chi connectivity index (χ4n) is 5.07. The molecule has 13 heteroatoms. The van der Waals surface area contributed by atoms with Gasteiger partial charge in [-0.1, -0.05) is 0 Å². The van der Waals surface area contributed by atoms with Crippen molar-refractivity contribution in [3.8, 4) is 11.4 Å². The number of urea groups is 1. The van der Waals surface area contributed by atoms with Crippen LogP contribution in [0.3, 0.4) is 0 Å². The first kappa shape index (κ1) is 25.9. The summed E-state index contributed by atoms with van der Waals surface area (Å²) in [5, 5.41) is 5.61. The van der Waals surface area contributed by atoms with Crippen LogP contribution in [0.25, 0.3) is 11.4 Å². The third-order valence-corrected chi connectivity index (χ3v) is 7.05. The molecule has 13 nitrogen and oxygen atoms in total. The Labute approximate surface area is 231 Å². The van der Waals surface area contributed by atoms with E-state index in [1.807, 2.05) is 29.2 Å². The number of morpholine rings is 3. The average Bonchev–Trinajstić information content (AvgIpc) is 2.97. The number of carbonyl (C=O) groups excluding carboxylic acids is 2. The molecule has 2 unspecified atom stereocenters. The summed E-state index contributed by atoms with van der Waals surface area (Å²) in [6.07, 6.45) is 3.02. The van der Waals surface area contributed by atoms with Crippen LogP contribution in [0.5, 0.6) is 0 Å². The Hall–Kier alpha value is -4.36. The fourth-order valence-corrected chi connectivity index (χ4v) is 5.07. The summed E-state index contributed by atoms with van der Waals surface area (Å²) in [7, 11) is 0. The van der Waals surface area contributed by atoms with Gasteiger partial charge in [-0.2, -0.15) is 15.0 Å². The number of fused-ring (bicyclic) bond motifs is 2. The zero-order chi connectivity index (χ0) is 27.5. The number of hydrogen-bond acceptors (Lipinski definition) is 10. The number of pyridine rings is 1. The van der Waals surface area contributed by atoms with E-state index in [0.29, 0.717) is 81.6 Å². The molecule has 3 amide bonds. The molecule has 5 heterocycles. The zero-order valence-electron chi connectivity index (χ0n) is 22.2. The van der Waals surface area contributed by atoms with Crippen molar-refractivity contribution in [3.63, 3.8) is 0 Å². The lowest BCUT2D eigenvalue weighted by Gasteiger charge is -2.45. The molecule has 0 saturated carbocycles. The van der Waals surface area contributed by atoms with E-state index in [9.17, 15) is 9.59 Å². The first-order chi connectivity index (χ1) is 19.5. The van der Waals surface area contributed by atoms with Gasteiger partial charge in [0.2, 0.25) is 17.8 Å². The second-order valence-electron chi connectivity index (χ2n) is 9.96.